The van der Waals surface area contributed by atoms with Crippen molar-refractivity contribution in [3.8, 4) is 0 Å². The molecule has 0 aliphatic heterocycles. The average Bonchev–Trinajstić information content (AvgIpc) is 3.18. The minimum Gasteiger partial charge on any atom is -0.385 e. The van der Waals surface area contributed by atoms with Gasteiger partial charge >= 0.3 is 0 Å². The Hall–Kier alpha value is -1.59. The van der Waals surface area contributed by atoms with Gasteiger partial charge in [0, 0.05) is 40.5 Å². The van der Waals surface area contributed by atoms with E-state index in [1.54, 1.807) is 7.11 Å². The molecule has 0 heterocycles. The average molecular weight is 376 g/mol. The maximum absolute atomic E-state index is 5.74. The zero-order valence-electron chi connectivity index (χ0n) is 17.1. The monoisotopic (exact) mass is 375 g/mol. The molecular weight excluding hydrogens is 338 g/mol. The predicted octanol–water partition coefficient (Wildman–Crippen LogP) is 3.40. The van der Waals surface area contributed by atoms with E-state index in [-0.39, 0.29) is 0 Å². The van der Waals surface area contributed by atoms with Gasteiger partial charge in [0.15, 0.2) is 5.96 Å². The summed E-state index contributed by atoms with van der Waals surface area (Å²) in [6, 6.07) is 10.5. The van der Waals surface area contributed by atoms with Gasteiger partial charge < -0.3 is 20.1 Å². The molecule has 1 aliphatic carbocycles. The molecule has 5 nitrogen and oxygen atoms in total. The van der Waals surface area contributed by atoms with Crippen LogP contribution in [-0.2, 0) is 15.9 Å². The van der Waals surface area contributed by atoms with E-state index in [2.05, 4.69) is 39.9 Å². The summed E-state index contributed by atoms with van der Waals surface area (Å²) < 4.78 is 11.1. The summed E-state index contributed by atoms with van der Waals surface area (Å²) in [5, 5.41) is 6.93. The molecule has 0 bridgehead atoms. The maximum atomic E-state index is 5.74. The van der Waals surface area contributed by atoms with E-state index in [0.29, 0.717) is 5.41 Å². The van der Waals surface area contributed by atoms with Crippen molar-refractivity contribution in [3.05, 3.63) is 35.9 Å². The Balaban J connectivity index is 1.56. The number of guanidine groups is 1. The van der Waals surface area contributed by atoms with Gasteiger partial charge in [-0.15, -0.1) is 0 Å². The maximum Gasteiger partial charge on any atom is 0.190 e. The standard InChI is InChI=1S/C22H37N3O2/c1-23-21(25-19-22(14-18-26-2)12-6-7-13-22)24-15-8-16-27-17-11-20-9-4-3-5-10-20/h3-5,9-10H,6-8,11-19H2,1-2H3,(H2,23,24,25). The van der Waals surface area contributed by atoms with Crippen LogP contribution < -0.4 is 10.6 Å². The first-order valence-electron chi connectivity index (χ1n) is 10.3. The number of hydrogen-bond acceptors (Lipinski definition) is 3. The van der Waals surface area contributed by atoms with Gasteiger partial charge in [-0.2, -0.15) is 0 Å². The zero-order valence-corrected chi connectivity index (χ0v) is 17.1. The first-order chi connectivity index (χ1) is 13.3. The fourth-order valence-electron chi connectivity index (χ4n) is 3.77. The Labute approximate surface area is 164 Å². The van der Waals surface area contributed by atoms with Crippen LogP contribution in [0.3, 0.4) is 0 Å². The molecule has 27 heavy (non-hydrogen) atoms. The van der Waals surface area contributed by atoms with Gasteiger partial charge in [0.2, 0.25) is 0 Å². The summed E-state index contributed by atoms with van der Waals surface area (Å²) in [7, 11) is 3.63. The minimum atomic E-state index is 0.369. The molecule has 0 spiro atoms. The third-order valence-electron chi connectivity index (χ3n) is 5.49. The van der Waals surface area contributed by atoms with Crippen molar-refractivity contribution in [3.63, 3.8) is 0 Å². The number of rotatable bonds is 12. The molecule has 5 heteroatoms. The number of aliphatic imine (C=N–C) groups is 1. The van der Waals surface area contributed by atoms with Crippen molar-refractivity contribution in [1.82, 2.24) is 10.6 Å². The third kappa shape index (κ3) is 8.31. The summed E-state index contributed by atoms with van der Waals surface area (Å²) in [6.07, 6.45) is 8.31. The zero-order chi connectivity index (χ0) is 19.2. The molecule has 0 atom stereocenters. The first-order valence-corrected chi connectivity index (χ1v) is 10.3. The van der Waals surface area contributed by atoms with Crippen LogP contribution in [0.1, 0.15) is 44.1 Å². The van der Waals surface area contributed by atoms with Crippen LogP contribution in [0, 0.1) is 5.41 Å². The van der Waals surface area contributed by atoms with Gasteiger partial charge in [-0.25, -0.2) is 0 Å². The molecule has 0 radical (unpaired) electrons. The molecule has 152 valence electrons. The molecule has 1 aliphatic rings. The SMILES string of the molecule is CN=C(NCCCOCCc1ccccc1)NCC1(CCOC)CCCC1. The highest BCUT2D eigenvalue weighted by Gasteiger charge is 2.33. The molecule has 0 aromatic heterocycles. The van der Waals surface area contributed by atoms with E-state index in [1.165, 1.54) is 31.2 Å². The van der Waals surface area contributed by atoms with Gasteiger partial charge in [0.05, 0.1) is 6.61 Å². The van der Waals surface area contributed by atoms with Crippen LogP contribution in [-0.4, -0.2) is 53.0 Å². The van der Waals surface area contributed by atoms with E-state index in [1.807, 2.05) is 13.1 Å². The van der Waals surface area contributed by atoms with Gasteiger partial charge in [-0.05, 0) is 43.1 Å². The van der Waals surface area contributed by atoms with Crippen LogP contribution in [0.5, 0.6) is 0 Å². The molecule has 2 rings (SSSR count). The smallest absolute Gasteiger partial charge is 0.190 e. The Morgan fingerprint density at radius 3 is 2.56 bits per heavy atom. The number of nitrogens with one attached hydrogen (secondary N) is 2. The minimum absolute atomic E-state index is 0.369. The fraction of sp³-hybridized carbons (Fsp3) is 0.682. The summed E-state index contributed by atoms with van der Waals surface area (Å²) in [5.74, 6) is 0.892. The van der Waals surface area contributed by atoms with Crippen molar-refractivity contribution >= 4 is 5.96 Å². The van der Waals surface area contributed by atoms with Crippen LogP contribution >= 0.6 is 0 Å². The number of nitrogens with zero attached hydrogens (tertiary/aromatic N) is 1. The van der Waals surface area contributed by atoms with Crippen LogP contribution in [0.15, 0.2) is 35.3 Å². The van der Waals surface area contributed by atoms with Crippen molar-refractivity contribution in [2.45, 2.75) is 44.9 Å². The second kappa shape index (κ2) is 12.7. The molecule has 2 N–H and O–H groups in total. The van der Waals surface area contributed by atoms with E-state index < -0.39 is 0 Å². The van der Waals surface area contributed by atoms with E-state index in [9.17, 15) is 0 Å². The lowest BCUT2D eigenvalue weighted by molar-refractivity contribution is 0.135. The van der Waals surface area contributed by atoms with Crippen LogP contribution in [0.4, 0.5) is 0 Å². The Bertz CT molecular complexity index is 528. The lowest BCUT2D eigenvalue weighted by atomic mass is 9.83. The molecule has 0 unspecified atom stereocenters. The molecular formula is C22H37N3O2. The molecule has 1 saturated carbocycles. The van der Waals surface area contributed by atoms with Gasteiger partial charge in [0.1, 0.15) is 0 Å². The molecule has 1 aromatic rings. The van der Waals surface area contributed by atoms with Crippen molar-refractivity contribution in [2.24, 2.45) is 10.4 Å². The van der Waals surface area contributed by atoms with E-state index >= 15 is 0 Å². The Morgan fingerprint density at radius 2 is 1.85 bits per heavy atom. The topological polar surface area (TPSA) is 54.9 Å². The first kappa shape index (κ1) is 21.7. The lowest BCUT2D eigenvalue weighted by Gasteiger charge is -2.30. The number of benzene rings is 1. The summed E-state index contributed by atoms with van der Waals surface area (Å²) in [6.45, 7) is 4.24. The molecule has 1 fully saturated rings. The normalized spacial score (nSPS) is 16.4. The van der Waals surface area contributed by atoms with Crippen molar-refractivity contribution < 1.29 is 9.47 Å². The predicted molar refractivity (Wildman–Crippen MR) is 112 cm³/mol. The highest BCUT2D eigenvalue weighted by molar-refractivity contribution is 5.79. The molecule has 0 amide bonds. The Morgan fingerprint density at radius 1 is 1.07 bits per heavy atom. The van der Waals surface area contributed by atoms with Gasteiger partial charge in [-0.3, -0.25) is 4.99 Å². The van der Waals surface area contributed by atoms with E-state index in [0.717, 1.165) is 58.1 Å². The highest BCUT2D eigenvalue weighted by atomic mass is 16.5. The van der Waals surface area contributed by atoms with E-state index in [4.69, 9.17) is 9.47 Å². The second-order valence-corrected chi connectivity index (χ2v) is 7.50. The number of hydrogen-bond donors (Lipinski definition) is 2. The quantitative estimate of drug-likeness (QED) is 0.334. The molecule has 1 aromatic carbocycles. The largest absolute Gasteiger partial charge is 0.385 e. The van der Waals surface area contributed by atoms with Crippen LogP contribution in [0.2, 0.25) is 0 Å². The number of methoxy groups -OCH3 is 1. The second-order valence-electron chi connectivity index (χ2n) is 7.50. The van der Waals surface area contributed by atoms with Crippen LogP contribution in [0.25, 0.3) is 0 Å². The Kier molecular flexibility index (Phi) is 10.2. The summed E-state index contributed by atoms with van der Waals surface area (Å²) in [5.41, 5.74) is 1.70. The van der Waals surface area contributed by atoms with Gasteiger partial charge in [0.25, 0.3) is 0 Å². The third-order valence-corrected chi connectivity index (χ3v) is 5.49. The summed E-state index contributed by atoms with van der Waals surface area (Å²) in [4.78, 5) is 4.36. The highest BCUT2D eigenvalue weighted by Crippen LogP contribution is 2.40. The van der Waals surface area contributed by atoms with Gasteiger partial charge in [-0.1, -0.05) is 43.2 Å². The lowest BCUT2D eigenvalue weighted by Crippen LogP contribution is -2.43. The van der Waals surface area contributed by atoms with Crippen molar-refractivity contribution in [1.29, 1.82) is 0 Å². The fourth-order valence-corrected chi connectivity index (χ4v) is 3.77. The summed E-state index contributed by atoms with van der Waals surface area (Å²) >= 11 is 0. The van der Waals surface area contributed by atoms with Crippen molar-refractivity contribution in [2.75, 3.05) is 47.1 Å². The molecule has 0 saturated heterocycles. The number of ether oxygens (including phenoxy) is 2.